The molecule has 7 heteroatoms. The van der Waals surface area contributed by atoms with Crippen LogP contribution in [0.3, 0.4) is 0 Å². The zero-order valence-electron chi connectivity index (χ0n) is 9.72. The van der Waals surface area contributed by atoms with Gasteiger partial charge in [0.2, 0.25) is 10.0 Å². The van der Waals surface area contributed by atoms with Crippen molar-refractivity contribution in [3.63, 3.8) is 0 Å². The molecule has 2 N–H and O–H groups in total. The van der Waals surface area contributed by atoms with Gasteiger partial charge in [-0.25, -0.2) is 13.1 Å². The first kappa shape index (κ1) is 14.4. The molecule has 1 fully saturated rings. The summed E-state index contributed by atoms with van der Waals surface area (Å²) in [5, 5.41) is 8.40. The monoisotopic (exact) mass is 265 g/mol. The molecule has 0 aromatic carbocycles. The molecule has 6 nitrogen and oxygen atoms in total. The van der Waals surface area contributed by atoms with Gasteiger partial charge in [-0.3, -0.25) is 4.79 Å². The number of ether oxygens (including phenoxy) is 1. The van der Waals surface area contributed by atoms with Crippen molar-refractivity contribution in [3.8, 4) is 0 Å². The Morgan fingerprint density at radius 1 is 1.47 bits per heavy atom. The number of rotatable bonds is 8. The zero-order valence-corrected chi connectivity index (χ0v) is 10.5. The molecule has 1 aliphatic rings. The molecule has 1 heterocycles. The predicted molar refractivity (Wildman–Crippen MR) is 62.2 cm³/mol. The molecule has 0 aromatic heterocycles. The van der Waals surface area contributed by atoms with Gasteiger partial charge < -0.3 is 9.84 Å². The Hall–Kier alpha value is -0.660. The van der Waals surface area contributed by atoms with Crippen molar-refractivity contribution in [2.75, 3.05) is 25.5 Å². The normalized spacial score (nSPS) is 20.6. The molecule has 0 spiro atoms. The maximum atomic E-state index is 11.5. The topological polar surface area (TPSA) is 92.7 Å². The first-order valence-corrected chi connectivity index (χ1v) is 7.42. The minimum Gasteiger partial charge on any atom is -0.481 e. The molecule has 0 aliphatic carbocycles. The third-order valence-electron chi connectivity index (χ3n) is 2.70. The Balaban J connectivity index is 2.13. The number of hydrogen-bond donors (Lipinski definition) is 2. The Labute approximate surface area is 101 Å². The lowest BCUT2D eigenvalue weighted by molar-refractivity contribution is -0.137. The molecule has 0 aromatic rings. The average molecular weight is 265 g/mol. The van der Waals surface area contributed by atoms with Crippen LogP contribution in [0.5, 0.6) is 0 Å². The highest BCUT2D eigenvalue weighted by molar-refractivity contribution is 7.89. The van der Waals surface area contributed by atoms with Crippen LogP contribution in [-0.2, 0) is 19.6 Å². The largest absolute Gasteiger partial charge is 0.481 e. The predicted octanol–water partition coefficient (Wildman–Crippen LogP) is 0.197. The Kier molecular flexibility index (Phi) is 5.87. The van der Waals surface area contributed by atoms with E-state index >= 15 is 0 Å². The molecule has 1 unspecified atom stereocenters. The van der Waals surface area contributed by atoms with Crippen LogP contribution in [0.4, 0.5) is 0 Å². The first-order valence-electron chi connectivity index (χ1n) is 5.76. The number of carbonyl (C=O) groups is 1. The van der Waals surface area contributed by atoms with Crippen molar-refractivity contribution in [2.24, 2.45) is 5.92 Å². The molecule has 0 radical (unpaired) electrons. The lowest BCUT2D eigenvalue weighted by atomic mass is 10.1. The standard InChI is InChI=1S/C10H19NO5S/c12-10(13)2-1-7-17(14,15)11-5-3-9-4-6-16-8-9/h9,11H,1-8H2,(H,12,13). The van der Waals surface area contributed by atoms with E-state index in [1.54, 1.807) is 0 Å². The molecule has 1 rings (SSSR count). The van der Waals surface area contributed by atoms with Crippen molar-refractivity contribution >= 4 is 16.0 Å². The van der Waals surface area contributed by atoms with E-state index in [1.165, 1.54) is 0 Å². The van der Waals surface area contributed by atoms with Crippen LogP contribution in [0, 0.1) is 5.92 Å². The van der Waals surface area contributed by atoms with Crippen LogP contribution in [0.2, 0.25) is 0 Å². The molecule has 1 atom stereocenters. The van der Waals surface area contributed by atoms with Crippen LogP contribution in [0.25, 0.3) is 0 Å². The summed E-state index contributed by atoms with van der Waals surface area (Å²) in [7, 11) is -3.32. The maximum absolute atomic E-state index is 11.5. The van der Waals surface area contributed by atoms with E-state index in [9.17, 15) is 13.2 Å². The lowest BCUT2D eigenvalue weighted by Crippen LogP contribution is -2.28. The van der Waals surface area contributed by atoms with E-state index in [4.69, 9.17) is 9.84 Å². The number of nitrogens with one attached hydrogen (secondary N) is 1. The number of aliphatic carboxylic acids is 1. The van der Waals surface area contributed by atoms with Gasteiger partial charge in [0.05, 0.1) is 5.75 Å². The van der Waals surface area contributed by atoms with Crippen molar-refractivity contribution in [1.29, 1.82) is 0 Å². The molecule has 17 heavy (non-hydrogen) atoms. The van der Waals surface area contributed by atoms with Crippen LogP contribution in [0.15, 0.2) is 0 Å². The second-order valence-electron chi connectivity index (χ2n) is 4.23. The van der Waals surface area contributed by atoms with Crippen molar-refractivity contribution in [3.05, 3.63) is 0 Å². The number of carboxylic acids is 1. The van der Waals surface area contributed by atoms with E-state index < -0.39 is 16.0 Å². The van der Waals surface area contributed by atoms with Gasteiger partial charge >= 0.3 is 5.97 Å². The minimum atomic E-state index is -3.32. The van der Waals surface area contributed by atoms with Gasteiger partial charge in [0, 0.05) is 26.2 Å². The Morgan fingerprint density at radius 2 is 2.24 bits per heavy atom. The van der Waals surface area contributed by atoms with Gasteiger partial charge in [0.15, 0.2) is 0 Å². The van der Waals surface area contributed by atoms with E-state index in [2.05, 4.69) is 4.72 Å². The van der Waals surface area contributed by atoms with E-state index in [0.29, 0.717) is 19.1 Å². The Morgan fingerprint density at radius 3 is 2.82 bits per heavy atom. The van der Waals surface area contributed by atoms with Gasteiger partial charge in [-0.15, -0.1) is 0 Å². The second kappa shape index (κ2) is 6.93. The van der Waals surface area contributed by atoms with Crippen LogP contribution in [0.1, 0.15) is 25.7 Å². The highest BCUT2D eigenvalue weighted by atomic mass is 32.2. The minimum absolute atomic E-state index is 0.114. The smallest absolute Gasteiger partial charge is 0.303 e. The third kappa shape index (κ3) is 6.60. The van der Waals surface area contributed by atoms with Crippen LogP contribution in [-0.4, -0.2) is 45.0 Å². The number of carboxylic acid groups (broad SMARTS) is 1. The van der Waals surface area contributed by atoms with E-state index in [-0.39, 0.29) is 18.6 Å². The fourth-order valence-electron chi connectivity index (χ4n) is 1.72. The summed E-state index contributed by atoms with van der Waals surface area (Å²) in [6.45, 7) is 1.88. The maximum Gasteiger partial charge on any atom is 0.303 e. The van der Waals surface area contributed by atoms with Gasteiger partial charge in [0.25, 0.3) is 0 Å². The average Bonchev–Trinajstić information content (AvgIpc) is 2.69. The fourth-order valence-corrected chi connectivity index (χ4v) is 2.81. The highest BCUT2D eigenvalue weighted by Crippen LogP contribution is 2.15. The molecule has 100 valence electrons. The van der Waals surface area contributed by atoms with E-state index in [1.807, 2.05) is 0 Å². The molecule has 1 saturated heterocycles. The summed E-state index contributed by atoms with van der Waals surface area (Å²) in [5.41, 5.74) is 0. The summed E-state index contributed by atoms with van der Waals surface area (Å²) in [4.78, 5) is 10.2. The van der Waals surface area contributed by atoms with Gasteiger partial charge in [0.1, 0.15) is 0 Å². The number of sulfonamides is 1. The van der Waals surface area contributed by atoms with Crippen LogP contribution >= 0.6 is 0 Å². The zero-order chi connectivity index (χ0) is 12.7. The fraction of sp³-hybridized carbons (Fsp3) is 0.900. The highest BCUT2D eigenvalue weighted by Gasteiger charge is 2.16. The van der Waals surface area contributed by atoms with Crippen molar-refractivity contribution in [2.45, 2.75) is 25.7 Å². The van der Waals surface area contributed by atoms with Crippen molar-refractivity contribution in [1.82, 2.24) is 4.72 Å². The summed E-state index contributed by atoms with van der Waals surface area (Å²) in [6, 6.07) is 0. The lowest BCUT2D eigenvalue weighted by Gasteiger charge is -2.09. The Bertz CT molecular complexity index is 335. The first-order chi connectivity index (χ1) is 7.99. The summed E-state index contributed by atoms with van der Waals surface area (Å²) >= 11 is 0. The molecule has 0 amide bonds. The van der Waals surface area contributed by atoms with Gasteiger partial charge in [-0.05, 0) is 25.2 Å². The van der Waals surface area contributed by atoms with Crippen LogP contribution < -0.4 is 4.72 Å². The van der Waals surface area contributed by atoms with E-state index in [0.717, 1.165) is 19.4 Å². The second-order valence-corrected chi connectivity index (χ2v) is 6.16. The quantitative estimate of drug-likeness (QED) is 0.654. The van der Waals surface area contributed by atoms with Gasteiger partial charge in [-0.2, -0.15) is 0 Å². The summed E-state index contributed by atoms with van der Waals surface area (Å²) in [6.07, 6.45) is 1.80. The van der Waals surface area contributed by atoms with Crippen molar-refractivity contribution < 1.29 is 23.1 Å². The molecule has 0 bridgehead atoms. The molecule has 1 aliphatic heterocycles. The summed E-state index contributed by atoms with van der Waals surface area (Å²) in [5.74, 6) is -0.652. The SMILES string of the molecule is O=C(O)CCCS(=O)(=O)NCCC1CCOC1. The number of hydrogen-bond acceptors (Lipinski definition) is 4. The third-order valence-corrected chi connectivity index (χ3v) is 4.17. The molecule has 0 saturated carbocycles. The summed E-state index contributed by atoms with van der Waals surface area (Å²) < 4.78 is 30.6. The van der Waals surface area contributed by atoms with Gasteiger partial charge in [-0.1, -0.05) is 0 Å². The molecular formula is C10H19NO5S. The molecular weight excluding hydrogens is 246 g/mol.